The zero-order valence-corrected chi connectivity index (χ0v) is 13.1. The molecule has 2 N–H and O–H groups in total. The Hall–Kier alpha value is -2.51. The maximum Gasteiger partial charge on any atom is 0.229 e. The van der Waals surface area contributed by atoms with Crippen molar-refractivity contribution in [2.75, 3.05) is 36.2 Å². The van der Waals surface area contributed by atoms with E-state index in [2.05, 4.69) is 15.0 Å². The maximum atomic E-state index is 13.9. The first-order valence-electron chi connectivity index (χ1n) is 7.34. The number of nitrogens with zero attached hydrogens (tertiary/aromatic N) is 5. The number of halogens is 2. The fourth-order valence-corrected chi connectivity index (χ4v) is 2.72. The second-order valence-corrected chi connectivity index (χ2v) is 5.71. The monoisotopic (exact) mass is 320 g/mol. The van der Waals surface area contributed by atoms with Crippen LogP contribution in [0.3, 0.4) is 0 Å². The fraction of sp³-hybridized carbons (Fsp3) is 0.400. The Balaban J connectivity index is 1.94. The molecule has 0 unspecified atom stereocenters. The van der Waals surface area contributed by atoms with Gasteiger partial charge in [-0.3, -0.25) is 0 Å². The molecule has 23 heavy (non-hydrogen) atoms. The second-order valence-electron chi connectivity index (χ2n) is 5.71. The third-order valence-corrected chi connectivity index (χ3v) is 3.75. The molecule has 1 aliphatic rings. The molecule has 6 nitrogen and oxygen atoms in total. The summed E-state index contributed by atoms with van der Waals surface area (Å²) in [6, 6.07) is 2.28. The van der Waals surface area contributed by atoms with Crippen LogP contribution in [0.4, 0.5) is 26.4 Å². The van der Waals surface area contributed by atoms with E-state index in [0.29, 0.717) is 42.5 Å². The van der Waals surface area contributed by atoms with Gasteiger partial charge in [-0.25, -0.2) is 8.78 Å². The number of nitrogen functional groups attached to an aromatic ring is 1. The van der Waals surface area contributed by atoms with E-state index in [9.17, 15) is 8.78 Å². The summed E-state index contributed by atoms with van der Waals surface area (Å²) in [5, 5.41) is 0. The van der Waals surface area contributed by atoms with Crippen molar-refractivity contribution >= 4 is 17.6 Å². The standard InChI is InChI=1S/C15H18F2N6/c1-22(2)15-20-13(19-14(18)21-15)8-23-5-3-4-10-11(17)6-9(16)7-12(10)23/h6-7H,3-5,8H2,1-2H3,(H2,18,19,20,21). The lowest BCUT2D eigenvalue weighted by Gasteiger charge is -2.31. The Bertz CT molecular complexity index is 734. The molecule has 1 aromatic carbocycles. The fourth-order valence-electron chi connectivity index (χ4n) is 2.72. The van der Waals surface area contributed by atoms with E-state index in [-0.39, 0.29) is 5.95 Å². The van der Waals surface area contributed by atoms with Crippen molar-refractivity contribution in [1.29, 1.82) is 0 Å². The minimum atomic E-state index is -0.586. The molecule has 0 bridgehead atoms. The van der Waals surface area contributed by atoms with Crippen LogP contribution in [0.2, 0.25) is 0 Å². The lowest BCUT2D eigenvalue weighted by Crippen LogP contribution is -2.31. The van der Waals surface area contributed by atoms with Gasteiger partial charge in [0.2, 0.25) is 11.9 Å². The number of anilines is 3. The van der Waals surface area contributed by atoms with Crippen molar-refractivity contribution in [2.45, 2.75) is 19.4 Å². The quantitative estimate of drug-likeness (QED) is 0.929. The largest absolute Gasteiger partial charge is 0.368 e. The molecule has 0 spiro atoms. The molecule has 1 aromatic heterocycles. The molecule has 2 aromatic rings. The number of aromatic nitrogens is 3. The number of benzene rings is 1. The lowest BCUT2D eigenvalue weighted by atomic mass is 10.0. The average molecular weight is 320 g/mol. The molecule has 0 fully saturated rings. The van der Waals surface area contributed by atoms with Crippen LogP contribution in [0.15, 0.2) is 12.1 Å². The van der Waals surface area contributed by atoms with E-state index in [0.717, 1.165) is 12.5 Å². The van der Waals surface area contributed by atoms with Crippen LogP contribution < -0.4 is 15.5 Å². The topological polar surface area (TPSA) is 71.2 Å². The van der Waals surface area contributed by atoms with Crippen LogP contribution in [0.25, 0.3) is 0 Å². The van der Waals surface area contributed by atoms with Gasteiger partial charge in [-0.2, -0.15) is 15.0 Å². The van der Waals surface area contributed by atoms with Crippen LogP contribution in [0, 0.1) is 11.6 Å². The van der Waals surface area contributed by atoms with E-state index in [1.165, 1.54) is 6.07 Å². The van der Waals surface area contributed by atoms with Crippen LogP contribution in [-0.2, 0) is 13.0 Å². The number of rotatable bonds is 3. The van der Waals surface area contributed by atoms with Crippen LogP contribution in [0.5, 0.6) is 0 Å². The minimum Gasteiger partial charge on any atom is -0.368 e. The molecular weight excluding hydrogens is 302 g/mol. The summed E-state index contributed by atoms with van der Waals surface area (Å²) in [5.41, 5.74) is 6.81. The molecule has 0 aliphatic carbocycles. The number of hydrogen-bond donors (Lipinski definition) is 1. The van der Waals surface area contributed by atoms with E-state index in [4.69, 9.17) is 5.73 Å². The lowest BCUT2D eigenvalue weighted by molar-refractivity contribution is 0.554. The first kappa shape index (κ1) is 15.4. The Morgan fingerprint density at radius 1 is 1.22 bits per heavy atom. The van der Waals surface area contributed by atoms with Crippen LogP contribution in [0.1, 0.15) is 17.8 Å². The first-order chi connectivity index (χ1) is 10.9. The molecule has 0 atom stereocenters. The molecular formula is C15H18F2N6. The highest BCUT2D eigenvalue weighted by Gasteiger charge is 2.22. The van der Waals surface area contributed by atoms with Gasteiger partial charge in [0.25, 0.3) is 0 Å². The SMILES string of the molecule is CN(C)c1nc(N)nc(CN2CCCc3c(F)cc(F)cc32)n1. The highest BCUT2D eigenvalue weighted by Crippen LogP contribution is 2.31. The number of hydrogen-bond acceptors (Lipinski definition) is 6. The molecule has 0 radical (unpaired) electrons. The predicted molar refractivity (Wildman–Crippen MR) is 84.3 cm³/mol. The van der Waals surface area contributed by atoms with Gasteiger partial charge < -0.3 is 15.5 Å². The second kappa shape index (κ2) is 5.94. The normalized spacial score (nSPS) is 13.8. The van der Waals surface area contributed by atoms with Crippen molar-refractivity contribution in [3.8, 4) is 0 Å². The number of nitrogens with two attached hydrogens (primary N) is 1. The Morgan fingerprint density at radius 3 is 2.74 bits per heavy atom. The zero-order valence-electron chi connectivity index (χ0n) is 13.1. The summed E-state index contributed by atoms with van der Waals surface area (Å²) in [6.07, 6.45) is 1.39. The van der Waals surface area contributed by atoms with Crippen LogP contribution >= 0.6 is 0 Å². The van der Waals surface area contributed by atoms with Gasteiger partial charge in [0.1, 0.15) is 11.6 Å². The molecule has 0 saturated carbocycles. The van der Waals surface area contributed by atoms with Crippen molar-refractivity contribution in [3.05, 3.63) is 35.2 Å². The summed E-state index contributed by atoms with van der Waals surface area (Å²) in [6.45, 7) is 1.00. The first-order valence-corrected chi connectivity index (χ1v) is 7.34. The van der Waals surface area contributed by atoms with Gasteiger partial charge in [-0.1, -0.05) is 0 Å². The third-order valence-electron chi connectivity index (χ3n) is 3.75. The van der Waals surface area contributed by atoms with Gasteiger partial charge >= 0.3 is 0 Å². The van der Waals surface area contributed by atoms with Gasteiger partial charge in [-0.05, 0) is 18.9 Å². The summed E-state index contributed by atoms with van der Waals surface area (Å²) in [7, 11) is 3.61. The third kappa shape index (κ3) is 3.15. The van der Waals surface area contributed by atoms with Gasteiger partial charge in [0.15, 0.2) is 5.82 Å². The van der Waals surface area contributed by atoms with E-state index < -0.39 is 11.6 Å². The summed E-state index contributed by atoms with van der Waals surface area (Å²) < 4.78 is 27.5. The molecule has 8 heteroatoms. The van der Waals surface area contributed by atoms with Gasteiger partial charge in [0, 0.05) is 38.0 Å². The van der Waals surface area contributed by atoms with Crippen molar-refractivity contribution in [3.63, 3.8) is 0 Å². The summed E-state index contributed by atoms with van der Waals surface area (Å²) >= 11 is 0. The smallest absolute Gasteiger partial charge is 0.229 e. The Labute approximate surface area is 133 Å². The predicted octanol–water partition coefficient (Wildman–Crippen LogP) is 1.75. The van der Waals surface area contributed by atoms with E-state index in [1.54, 1.807) is 19.0 Å². The highest BCUT2D eigenvalue weighted by atomic mass is 19.1. The number of fused-ring (bicyclic) bond motifs is 1. The van der Waals surface area contributed by atoms with E-state index in [1.807, 2.05) is 4.90 Å². The average Bonchev–Trinajstić information content (AvgIpc) is 2.47. The summed E-state index contributed by atoms with van der Waals surface area (Å²) in [4.78, 5) is 16.1. The van der Waals surface area contributed by atoms with Crippen molar-refractivity contribution < 1.29 is 8.78 Å². The Kier molecular flexibility index (Phi) is 3.97. The van der Waals surface area contributed by atoms with Crippen molar-refractivity contribution in [1.82, 2.24) is 15.0 Å². The summed E-state index contributed by atoms with van der Waals surface area (Å²) in [5.74, 6) is -0.0404. The van der Waals surface area contributed by atoms with Crippen LogP contribution in [-0.4, -0.2) is 35.6 Å². The molecule has 0 amide bonds. The van der Waals surface area contributed by atoms with Gasteiger partial charge in [-0.15, -0.1) is 0 Å². The van der Waals surface area contributed by atoms with E-state index >= 15 is 0 Å². The minimum absolute atomic E-state index is 0.126. The van der Waals surface area contributed by atoms with Crippen molar-refractivity contribution in [2.24, 2.45) is 0 Å². The Morgan fingerprint density at radius 2 is 2.00 bits per heavy atom. The maximum absolute atomic E-state index is 13.9. The molecule has 0 saturated heterocycles. The molecule has 2 heterocycles. The molecule has 3 rings (SSSR count). The molecule has 1 aliphatic heterocycles. The van der Waals surface area contributed by atoms with Gasteiger partial charge in [0.05, 0.1) is 6.54 Å². The molecule has 122 valence electrons. The zero-order chi connectivity index (χ0) is 16.6. The highest BCUT2D eigenvalue weighted by molar-refractivity contribution is 5.56.